The molecule has 0 saturated heterocycles. The molecule has 6 heteroatoms. The standard InChI is InChI=1S/C20H27N3O3/c1-4-17-16(12-22-23(17)13-15-10-8-7-9-11-15)18(24)21-14-20(5-2,6-3)19(25)26/h7-12H,4-6,13-14H2,1-3H3,(H,21,24)(H,25,26). The molecule has 26 heavy (non-hydrogen) atoms. The van der Waals surface area contributed by atoms with E-state index in [9.17, 15) is 14.7 Å². The molecule has 1 aromatic heterocycles. The van der Waals surface area contributed by atoms with E-state index in [0.717, 1.165) is 11.3 Å². The van der Waals surface area contributed by atoms with E-state index in [1.807, 2.05) is 55.8 Å². The number of carboxylic acid groups (broad SMARTS) is 1. The average Bonchev–Trinajstić information content (AvgIpc) is 3.06. The van der Waals surface area contributed by atoms with Crippen LogP contribution in [0.25, 0.3) is 0 Å². The van der Waals surface area contributed by atoms with Gasteiger partial charge in [-0.2, -0.15) is 5.10 Å². The van der Waals surface area contributed by atoms with Crippen molar-refractivity contribution in [3.63, 3.8) is 0 Å². The molecular formula is C20H27N3O3. The molecule has 1 amide bonds. The fourth-order valence-electron chi connectivity index (χ4n) is 3.09. The Morgan fingerprint density at radius 1 is 1.15 bits per heavy atom. The van der Waals surface area contributed by atoms with Gasteiger partial charge in [0, 0.05) is 6.54 Å². The summed E-state index contributed by atoms with van der Waals surface area (Å²) in [7, 11) is 0. The summed E-state index contributed by atoms with van der Waals surface area (Å²) >= 11 is 0. The van der Waals surface area contributed by atoms with Crippen LogP contribution in [0.5, 0.6) is 0 Å². The number of carbonyl (C=O) groups is 2. The number of carboxylic acids is 1. The zero-order valence-electron chi connectivity index (χ0n) is 15.7. The second-order valence-electron chi connectivity index (χ2n) is 6.48. The minimum Gasteiger partial charge on any atom is -0.481 e. The Labute approximate surface area is 154 Å². The molecule has 0 aliphatic heterocycles. The van der Waals surface area contributed by atoms with Crippen molar-refractivity contribution in [2.75, 3.05) is 6.54 Å². The zero-order chi connectivity index (χ0) is 19.2. The smallest absolute Gasteiger partial charge is 0.311 e. The lowest BCUT2D eigenvalue weighted by atomic mass is 9.82. The highest BCUT2D eigenvalue weighted by Gasteiger charge is 2.35. The van der Waals surface area contributed by atoms with Crippen LogP contribution in [0, 0.1) is 5.41 Å². The van der Waals surface area contributed by atoms with Crippen molar-refractivity contribution in [1.82, 2.24) is 15.1 Å². The lowest BCUT2D eigenvalue weighted by Gasteiger charge is -2.26. The Hall–Kier alpha value is -2.63. The molecule has 0 aliphatic carbocycles. The number of nitrogens with zero attached hydrogens (tertiary/aromatic N) is 2. The second-order valence-corrected chi connectivity index (χ2v) is 6.48. The van der Waals surface area contributed by atoms with Crippen molar-refractivity contribution in [3.8, 4) is 0 Å². The molecule has 0 fully saturated rings. The summed E-state index contributed by atoms with van der Waals surface area (Å²) in [5.41, 5.74) is 1.54. The molecule has 1 aromatic carbocycles. The summed E-state index contributed by atoms with van der Waals surface area (Å²) in [6, 6.07) is 9.94. The van der Waals surface area contributed by atoms with Crippen LogP contribution in [0.15, 0.2) is 36.5 Å². The molecule has 2 rings (SSSR count). The van der Waals surface area contributed by atoms with Gasteiger partial charge in [-0.05, 0) is 24.8 Å². The third-order valence-corrected chi connectivity index (χ3v) is 5.10. The Bertz CT molecular complexity index is 749. The Balaban J connectivity index is 2.15. The second kappa shape index (κ2) is 8.65. The number of amides is 1. The minimum atomic E-state index is -0.929. The molecule has 0 bridgehead atoms. The van der Waals surface area contributed by atoms with Crippen LogP contribution < -0.4 is 5.32 Å². The Kier molecular flexibility index (Phi) is 6.55. The van der Waals surface area contributed by atoms with Gasteiger partial charge < -0.3 is 10.4 Å². The maximum atomic E-state index is 12.6. The van der Waals surface area contributed by atoms with Crippen molar-refractivity contribution < 1.29 is 14.7 Å². The fraction of sp³-hybridized carbons (Fsp3) is 0.450. The zero-order valence-corrected chi connectivity index (χ0v) is 15.7. The first-order chi connectivity index (χ1) is 12.5. The van der Waals surface area contributed by atoms with Gasteiger partial charge in [-0.15, -0.1) is 0 Å². The van der Waals surface area contributed by atoms with E-state index >= 15 is 0 Å². The Morgan fingerprint density at radius 2 is 1.81 bits per heavy atom. The average molecular weight is 357 g/mol. The van der Waals surface area contributed by atoms with Gasteiger partial charge in [-0.25, -0.2) is 0 Å². The van der Waals surface area contributed by atoms with E-state index in [2.05, 4.69) is 10.4 Å². The van der Waals surface area contributed by atoms with Crippen LogP contribution >= 0.6 is 0 Å². The van der Waals surface area contributed by atoms with Crippen molar-refractivity contribution >= 4 is 11.9 Å². The molecule has 0 spiro atoms. The summed E-state index contributed by atoms with van der Waals surface area (Å²) < 4.78 is 1.83. The first-order valence-corrected chi connectivity index (χ1v) is 9.07. The molecule has 6 nitrogen and oxygen atoms in total. The summed E-state index contributed by atoms with van der Waals surface area (Å²) in [4.78, 5) is 24.2. The number of aliphatic carboxylic acids is 1. The van der Waals surface area contributed by atoms with Crippen LogP contribution in [0.4, 0.5) is 0 Å². The third kappa shape index (κ3) is 4.12. The van der Waals surface area contributed by atoms with Gasteiger partial charge in [0.2, 0.25) is 0 Å². The van der Waals surface area contributed by atoms with Gasteiger partial charge in [0.1, 0.15) is 0 Å². The van der Waals surface area contributed by atoms with E-state index in [-0.39, 0.29) is 12.5 Å². The van der Waals surface area contributed by atoms with E-state index in [1.54, 1.807) is 6.20 Å². The molecule has 0 radical (unpaired) electrons. The van der Waals surface area contributed by atoms with Crippen molar-refractivity contribution in [2.24, 2.45) is 5.41 Å². The number of hydrogen-bond donors (Lipinski definition) is 2. The monoisotopic (exact) mass is 357 g/mol. The van der Waals surface area contributed by atoms with Crippen molar-refractivity contribution in [3.05, 3.63) is 53.3 Å². The largest absolute Gasteiger partial charge is 0.481 e. The van der Waals surface area contributed by atoms with Crippen LogP contribution in [0.3, 0.4) is 0 Å². The molecule has 0 saturated carbocycles. The highest BCUT2D eigenvalue weighted by Crippen LogP contribution is 2.26. The predicted molar refractivity (Wildman–Crippen MR) is 100 cm³/mol. The predicted octanol–water partition coefficient (Wildman–Crippen LogP) is 3.11. The third-order valence-electron chi connectivity index (χ3n) is 5.10. The van der Waals surface area contributed by atoms with E-state index in [1.165, 1.54) is 0 Å². The lowest BCUT2D eigenvalue weighted by molar-refractivity contribution is -0.149. The number of hydrogen-bond acceptors (Lipinski definition) is 3. The van der Waals surface area contributed by atoms with Crippen LogP contribution in [-0.4, -0.2) is 33.3 Å². The summed E-state index contributed by atoms with van der Waals surface area (Å²) in [6.07, 6.45) is 3.17. The van der Waals surface area contributed by atoms with Gasteiger partial charge in [0.05, 0.1) is 29.4 Å². The minimum absolute atomic E-state index is 0.112. The maximum Gasteiger partial charge on any atom is 0.311 e. The molecule has 140 valence electrons. The molecule has 1 heterocycles. The molecular weight excluding hydrogens is 330 g/mol. The molecule has 2 aromatic rings. The quantitative estimate of drug-likeness (QED) is 0.722. The number of rotatable bonds is 9. The van der Waals surface area contributed by atoms with Gasteiger partial charge in [0.25, 0.3) is 5.91 Å². The number of benzene rings is 1. The maximum absolute atomic E-state index is 12.6. The molecule has 0 unspecified atom stereocenters. The molecule has 0 aliphatic rings. The van der Waals surface area contributed by atoms with Crippen LogP contribution in [-0.2, 0) is 17.8 Å². The first kappa shape index (κ1) is 19.7. The highest BCUT2D eigenvalue weighted by atomic mass is 16.4. The van der Waals surface area contributed by atoms with E-state index in [4.69, 9.17) is 0 Å². The van der Waals surface area contributed by atoms with Crippen LogP contribution in [0.2, 0.25) is 0 Å². The molecule has 2 N–H and O–H groups in total. The summed E-state index contributed by atoms with van der Waals surface area (Å²) in [6.45, 7) is 6.36. The Morgan fingerprint density at radius 3 is 2.35 bits per heavy atom. The van der Waals surface area contributed by atoms with Gasteiger partial charge in [0.15, 0.2) is 0 Å². The number of carbonyl (C=O) groups excluding carboxylic acids is 1. The summed E-state index contributed by atoms with van der Waals surface area (Å²) in [5.74, 6) is -1.15. The molecule has 0 atom stereocenters. The van der Waals surface area contributed by atoms with Gasteiger partial charge in [-0.1, -0.05) is 51.1 Å². The normalized spacial score (nSPS) is 11.3. The van der Waals surface area contributed by atoms with Gasteiger partial charge >= 0.3 is 5.97 Å². The van der Waals surface area contributed by atoms with Crippen molar-refractivity contribution in [2.45, 2.75) is 46.6 Å². The topological polar surface area (TPSA) is 84.2 Å². The number of aromatic nitrogens is 2. The SMILES string of the molecule is CCc1c(C(=O)NCC(CC)(CC)C(=O)O)cnn1Cc1ccccc1. The fourth-order valence-corrected chi connectivity index (χ4v) is 3.09. The summed E-state index contributed by atoms with van der Waals surface area (Å²) in [5, 5.41) is 16.7. The van der Waals surface area contributed by atoms with Crippen molar-refractivity contribution in [1.29, 1.82) is 0 Å². The number of nitrogens with one attached hydrogen (secondary N) is 1. The van der Waals surface area contributed by atoms with E-state index < -0.39 is 11.4 Å². The van der Waals surface area contributed by atoms with Crippen LogP contribution in [0.1, 0.15) is 55.2 Å². The highest BCUT2D eigenvalue weighted by molar-refractivity contribution is 5.95. The van der Waals surface area contributed by atoms with E-state index in [0.29, 0.717) is 31.4 Å². The first-order valence-electron chi connectivity index (χ1n) is 9.07. The lowest BCUT2D eigenvalue weighted by Crippen LogP contribution is -2.42. The van der Waals surface area contributed by atoms with Gasteiger partial charge in [-0.3, -0.25) is 14.3 Å².